The number of ether oxygens (including phenoxy) is 1. The predicted molar refractivity (Wildman–Crippen MR) is 127 cm³/mol. The van der Waals surface area contributed by atoms with Crippen LogP contribution in [0.4, 0.5) is 4.39 Å². The van der Waals surface area contributed by atoms with Crippen molar-refractivity contribution in [2.45, 2.75) is 25.6 Å². The Kier molecular flexibility index (Phi) is 6.48. The van der Waals surface area contributed by atoms with Gasteiger partial charge in [0.2, 0.25) is 0 Å². The fraction of sp³-hybridized carbons (Fsp3) is 0.296. The molecule has 5 nitrogen and oxygen atoms in total. The van der Waals surface area contributed by atoms with Crippen LogP contribution >= 0.6 is 0 Å². The summed E-state index contributed by atoms with van der Waals surface area (Å²) in [6.45, 7) is 4.07. The van der Waals surface area contributed by atoms with Gasteiger partial charge < -0.3 is 14.4 Å². The second-order valence-corrected chi connectivity index (χ2v) is 8.49. The van der Waals surface area contributed by atoms with E-state index in [-0.39, 0.29) is 18.5 Å². The molecular formula is C27H28FN3O2. The highest BCUT2D eigenvalue weighted by Gasteiger charge is 2.24. The Bertz CT molecular complexity index is 1240. The van der Waals surface area contributed by atoms with Gasteiger partial charge in [-0.1, -0.05) is 36.4 Å². The minimum absolute atomic E-state index is 0.130. The van der Waals surface area contributed by atoms with Crippen LogP contribution in [0, 0.1) is 5.82 Å². The van der Waals surface area contributed by atoms with E-state index in [2.05, 4.69) is 39.9 Å². The number of aryl methyl sites for hydroxylation is 1. The van der Waals surface area contributed by atoms with Gasteiger partial charge in [0, 0.05) is 55.4 Å². The number of morpholine rings is 1. The first kappa shape index (κ1) is 21.8. The summed E-state index contributed by atoms with van der Waals surface area (Å²) < 4.78 is 22.0. The van der Waals surface area contributed by atoms with Crippen LogP contribution in [0.1, 0.15) is 23.8 Å². The number of para-hydroxylation sites is 1. The molecule has 1 fully saturated rings. The van der Waals surface area contributed by atoms with Gasteiger partial charge in [-0.3, -0.25) is 9.88 Å². The number of nitrogens with zero attached hydrogens (tertiary/aromatic N) is 3. The van der Waals surface area contributed by atoms with Gasteiger partial charge in [0.1, 0.15) is 11.9 Å². The average molecular weight is 446 g/mol. The number of aliphatic hydroxyl groups excluding tert-OH is 1. The van der Waals surface area contributed by atoms with E-state index in [9.17, 15) is 9.50 Å². The lowest BCUT2D eigenvalue weighted by atomic mass is 10.1. The Morgan fingerprint density at radius 3 is 2.82 bits per heavy atom. The van der Waals surface area contributed by atoms with Crippen molar-refractivity contribution >= 4 is 10.9 Å². The van der Waals surface area contributed by atoms with Gasteiger partial charge in [0.15, 0.2) is 0 Å². The number of hydrogen-bond acceptors (Lipinski definition) is 4. The molecule has 1 aliphatic heterocycles. The second-order valence-electron chi connectivity index (χ2n) is 8.49. The van der Waals surface area contributed by atoms with Crippen LogP contribution in [0.3, 0.4) is 0 Å². The number of benzene rings is 2. The molecule has 0 bridgehead atoms. The third-order valence-electron chi connectivity index (χ3n) is 6.19. The van der Waals surface area contributed by atoms with Crippen molar-refractivity contribution in [1.29, 1.82) is 0 Å². The zero-order valence-electron chi connectivity index (χ0n) is 18.5. The number of pyridine rings is 1. The van der Waals surface area contributed by atoms with Crippen molar-refractivity contribution in [3.05, 3.63) is 90.0 Å². The van der Waals surface area contributed by atoms with Gasteiger partial charge in [0.25, 0.3) is 0 Å². The smallest absolute Gasteiger partial charge is 0.123 e. The molecule has 5 rings (SSSR count). The third kappa shape index (κ3) is 4.83. The summed E-state index contributed by atoms with van der Waals surface area (Å²) in [5.41, 5.74) is 4.87. The highest BCUT2D eigenvalue weighted by atomic mass is 19.1. The summed E-state index contributed by atoms with van der Waals surface area (Å²) in [6.07, 6.45) is 2.83. The first-order valence-corrected chi connectivity index (χ1v) is 11.5. The van der Waals surface area contributed by atoms with Crippen LogP contribution in [-0.2, 0) is 17.8 Å². The van der Waals surface area contributed by atoms with E-state index in [1.807, 2.05) is 24.3 Å². The fourth-order valence-electron chi connectivity index (χ4n) is 4.58. The van der Waals surface area contributed by atoms with Gasteiger partial charge >= 0.3 is 0 Å². The van der Waals surface area contributed by atoms with E-state index < -0.39 is 0 Å². The van der Waals surface area contributed by atoms with Crippen LogP contribution in [0.5, 0.6) is 0 Å². The SMILES string of the molecule is OCCCn1cc(CN2CCO[C@H](c3cccc(-c4cccc(F)c4)n3)C2)c2ccccc21. The topological polar surface area (TPSA) is 50.5 Å². The standard InChI is InChI=1S/C27H28FN3O2/c28-22-7-3-6-20(16-22)24-9-4-10-25(29-24)27-19-30(13-15-33-27)17-21-18-31(12-5-14-32)26-11-2-1-8-23(21)26/h1-4,6-11,16,18,27,32H,5,12-15,17,19H2/t27-/m0/s1. The second kappa shape index (κ2) is 9.83. The molecule has 0 radical (unpaired) electrons. The lowest BCUT2D eigenvalue weighted by Crippen LogP contribution is -2.38. The van der Waals surface area contributed by atoms with Crippen LogP contribution < -0.4 is 0 Å². The minimum atomic E-state index is -0.266. The fourth-order valence-corrected chi connectivity index (χ4v) is 4.58. The summed E-state index contributed by atoms with van der Waals surface area (Å²) in [7, 11) is 0. The Labute approximate surface area is 193 Å². The highest BCUT2D eigenvalue weighted by molar-refractivity contribution is 5.83. The maximum absolute atomic E-state index is 13.7. The molecule has 0 spiro atoms. The number of aliphatic hydroxyl groups is 1. The van der Waals surface area contributed by atoms with Crippen molar-refractivity contribution in [1.82, 2.24) is 14.5 Å². The average Bonchev–Trinajstić information content (AvgIpc) is 3.20. The molecule has 2 aromatic heterocycles. The largest absolute Gasteiger partial charge is 0.396 e. The first-order chi connectivity index (χ1) is 16.2. The van der Waals surface area contributed by atoms with Gasteiger partial charge in [-0.2, -0.15) is 0 Å². The van der Waals surface area contributed by atoms with Crippen LogP contribution in [-0.4, -0.2) is 45.9 Å². The Morgan fingerprint density at radius 1 is 1.06 bits per heavy atom. The molecule has 6 heteroatoms. The molecule has 0 saturated carbocycles. The first-order valence-electron chi connectivity index (χ1n) is 11.5. The summed E-state index contributed by atoms with van der Waals surface area (Å²) in [4.78, 5) is 7.20. The van der Waals surface area contributed by atoms with Crippen LogP contribution in [0.2, 0.25) is 0 Å². The molecule has 0 unspecified atom stereocenters. The van der Waals surface area contributed by atoms with Crippen molar-refractivity contribution in [3.8, 4) is 11.3 Å². The molecule has 1 N–H and O–H groups in total. The highest BCUT2D eigenvalue weighted by Crippen LogP contribution is 2.28. The van der Waals surface area contributed by atoms with E-state index in [0.717, 1.165) is 49.6 Å². The quantitative estimate of drug-likeness (QED) is 0.444. The minimum Gasteiger partial charge on any atom is -0.396 e. The zero-order valence-corrected chi connectivity index (χ0v) is 18.5. The van der Waals surface area contributed by atoms with Crippen molar-refractivity contribution < 1.29 is 14.2 Å². The monoisotopic (exact) mass is 445 g/mol. The molecule has 33 heavy (non-hydrogen) atoms. The van der Waals surface area contributed by atoms with Crippen molar-refractivity contribution in [3.63, 3.8) is 0 Å². The summed E-state index contributed by atoms with van der Waals surface area (Å²) in [5.74, 6) is -0.266. The van der Waals surface area contributed by atoms with E-state index in [4.69, 9.17) is 9.72 Å². The zero-order chi connectivity index (χ0) is 22.6. The number of fused-ring (bicyclic) bond motifs is 1. The van der Waals surface area contributed by atoms with Gasteiger partial charge in [-0.05, 0) is 42.3 Å². The number of rotatable bonds is 7. The van der Waals surface area contributed by atoms with Crippen LogP contribution in [0.15, 0.2) is 72.9 Å². The molecule has 1 saturated heterocycles. The van der Waals surface area contributed by atoms with Crippen LogP contribution in [0.25, 0.3) is 22.2 Å². The van der Waals surface area contributed by atoms with E-state index in [1.165, 1.54) is 28.6 Å². The number of aromatic nitrogens is 2. The number of hydrogen-bond donors (Lipinski definition) is 1. The molecule has 0 amide bonds. The maximum atomic E-state index is 13.7. The van der Waals surface area contributed by atoms with Gasteiger partial charge in [-0.15, -0.1) is 0 Å². The Balaban J connectivity index is 1.35. The molecule has 2 aromatic carbocycles. The predicted octanol–water partition coefficient (Wildman–Crippen LogP) is 4.80. The van der Waals surface area contributed by atoms with Gasteiger partial charge in [-0.25, -0.2) is 4.39 Å². The summed E-state index contributed by atoms with van der Waals surface area (Å²) in [6, 6.07) is 20.8. The summed E-state index contributed by atoms with van der Waals surface area (Å²) in [5, 5.41) is 10.5. The number of halogens is 1. The van der Waals surface area contributed by atoms with Crippen molar-refractivity contribution in [2.75, 3.05) is 26.3 Å². The van der Waals surface area contributed by atoms with E-state index in [1.54, 1.807) is 6.07 Å². The third-order valence-corrected chi connectivity index (χ3v) is 6.19. The molecule has 0 aliphatic carbocycles. The molecule has 1 atom stereocenters. The van der Waals surface area contributed by atoms with E-state index >= 15 is 0 Å². The molecule has 3 heterocycles. The molecule has 1 aliphatic rings. The lowest BCUT2D eigenvalue weighted by molar-refractivity contribution is -0.0348. The molecule has 4 aromatic rings. The van der Waals surface area contributed by atoms with Crippen molar-refractivity contribution in [2.24, 2.45) is 0 Å². The normalized spacial score (nSPS) is 17.0. The lowest BCUT2D eigenvalue weighted by Gasteiger charge is -2.32. The molecular weight excluding hydrogens is 417 g/mol. The Morgan fingerprint density at radius 2 is 1.94 bits per heavy atom. The maximum Gasteiger partial charge on any atom is 0.123 e. The summed E-state index contributed by atoms with van der Waals surface area (Å²) >= 11 is 0. The van der Waals surface area contributed by atoms with Gasteiger partial charge in [0.05, 0.1) is 18.0 Å². The van der Waals surface area contributed by atoms with E-state index in [0.29, 0.717) is 6.61 Å². The molecule has 170 valence electrons. The Hall–Kier alpha value is -3.06.